The van der Waals surface area contributed by atoms with Crippen LogP contribution in [0.3, 0.4) is 0 Å². The summed E-state index contributed by atoms with van der Waals surface area (Å²) < 4.78 is 0. The summed E-state index contributed by atoms with van der Waals surface area (Å²) >= 11 is 1.97. The first kappa shape index (κ1) is 12.2. The number of thioether (sulfide) groups is 1. The zero-order valence-corrected chi connectivity index (χ0v) is 10.9. The molecule has 92 valence electrons. The SMILES string of the molecule is CC1(C(=O)N2CCCSCC2)CCCCN1. The Morgan fingerprint density at radius 3 is 2.88 bits per heavy atom. The highest BCUT2D eigenvalue weighted by Crippen LogP contribution is 2.22. The molecule has 0 radical (unpaired) electrons. The van der Waals surface area contributed by atoms with Crippen LogP contribution in [-0.4, -0.2) is 47.5 Å². The van der Waals surface area contributed by atoms with E-state index >= 15 is 0 Å². The molecule has 0 aromatic carbocycles. The Morgan fingerprint density at radius 2 is 2.12 bits per heavy atom. The molecule has 0 saturated carbocycles. The van der Waals surface area contributed by atoms with Gasteiger partial charge in [0.15, 0.2) is 0 Å². The van der Waals surface area contributed by atoms with E-state index in [4.69, 9.17) is 0 Å². The van der Waals surface area contributed by atoms with Crippen molar-refractivity contribution < 1.29 is 4.79 Å². The van der Waals surface area contributed by atoms with Gasteiger partial charge in [0, 0.05) is 18.8 Å². The van der Waals surface area contributed by atoms with E-state index in [0.717, 1.165) is 38.2 Å². The predicted octanol–water partition coefficient (Wildman–Crippen LogP) is 1.48. The molecule has 1 atom stereocenters. The second-order valence-corrected chi connectivity index (χ2v) is 6.20. The van der Waals surface area contributed by atoms with Gasteiger partial charge in [-0.2, -0.15) is 11.8 Å². The van der Waals surface area contributed by atoms with Gasteiger partial charge in [-0.05, 0) is 44.9 Å². The second kappa shape index (κ2) is 5.41. The lowest BCUT2D eigenvalue weighted by atomic mass is 9.89. The Balaban J connectivity index is 1.98. The van der Waals surface area contributed by atoms with Gasteiger partial charge < -0.3 is 10.2 Å². The molecule has 1 amide bonds. The number of amides is 1. The molecule has 2 heterocycles. The standard InChI is InChI=1S/C12H22N2OS/c1-12(5-2-3-6-13-12)11(15)14-7-4-9-16-10-8-14/h13H,2-10H2,1H3. The van der Waals surface area contributed by atoms with Gasteiger partial charge in [0.1, 0.15) is 0 Å². The van der Waals surface area contributed by atoms with Crippen molar-refractivity contribution in [3.05, 3.63) is 0 Å². The Hall–Kier alpha value is -0.220. The third-order valence-corrected chi connectivity index (χ3v) is 4.65. The third kappa shape index (κ3) is 2.72. The van der Waals surface area contributed by atoms with E-state index in [0.29, 0.717) is 5.91 Å². The molecule has 2 saturated heterocycles. The molecular formula is C12H22N2OS. The zero-order valence-electron chi connectivity index (χ0n) is 10.1. The number of piperidine rings is 1. The van der Waals surface area contributed by atoms with E-state index in [1.165, 1.54) is 18.6 Å². The second-order valence-electron chi connectivity index (χ2n) is 4.97. The van der Waals surface area contributed by atoms with Crippen molar-refractivity contribution in [3.8, 4) is 0 Å². The summed E-state index contributed by atoms with van der Waals surface area (Å²) in [6, 6.07) is 0. The van der Waals surface area contributed by atoms with E-state index < -0.39 is 0 Å². The van der Waals surface area contributed by atoms with Crippen molar-refractivity contribution >= 4 is 17.7 Å². The van der Waals surface area contributed by atoms with Crippen LogP contribution in [0.2, 0.25) is 0 Å². The Bertz CT molecular complexity index is 243. The van der Waals surface area contributed by atoms with Crippen molar-refractivity contribution in [1.29, 1.82) is 0 Å². The number of nitrogens with zero attached hydrogens (tertiary/aromatic N) is 1. The van der Waals surface area contributed by atoms with E-state index in [2.05, 4.69) is 17.1 Å². The minimum atomic E-state index is -0.284. The molecule has 2 aliphatic rings. The molecule has 16 heavy (non-hydrogen) atoms. The lowest BCUT2D eigenvalue weighted by molar-refractivity contribution is -0.138. The maximum absolute atomic E-state index is 12.5. The first-order chi connectivity index (χ1) is 7.72. The minimum Gasteiger partial charge on any atom is -0.340 e. The number of hydrogen-bond acceptors (Lipinski definition) is 3. The average molecular weight is 242 g/mol. The van der Waals surface area contributed by atoms with E-state index in [-0.39, 0.29) is 5.54 Å². The predicted molar refractivity (Wildman–Crippen MR) is 68.8 cm³/mol. The number of nitrogens with one attached hydrogen (secondary N) is 1. The Morgan fingerprint density at radius 1 is 1.25 bits per heavy atom. The summed E-state index contributed by atoms with van der Waals surface area (Å²) in [6.07, 6.45) is 4.53. The molecule has 1 N–H and O–H groups in total. The molecule has 0 aliphatic carbocycles. The maximum atomic E-state index is 12.5. The first-order valence-electron chi connectivity index (χ1n) is 6.34. The van der Waals surface area contributed by atoms with Crippen LogP contribution in [0.15, 0.2) is 0 Å². The molecule has 2 aliphatic heterocycles. The van der Waals surface area contributed by atoms with Crippen molar-refractivity contribution in [3.63, 3.8) is 0 Å². The lowest BCUT2D eigenvalue weighted by Gasteiger charge is -2.37. The highest BCUT2D eigenvalue weighted by atomic mass is 32.2. The monoisotopic (exact) mass is 242 g/mol. The number of carbonyl (C=O) groups is 1. The molecule has 0 aromatic heterocycles. The van der Waals surface area contributed by atoms with Crippen LogP contribution < -0.4 is 5.32 Å². The molecule has 0 spiro atoms. The third-order valence-electron chi connectivity index (χ3n) is 3.60. The number of hydrogen-bond donors (Lipinski definition) is 1. The Kier molecular flexibility index (Phi) is 4.14. The minimum absolute atomic E-state index is 0.284. The van der Waals surface area contributed by atoms with Gasteiger partial charge in [0.25, 0.3) is 0 Å². The van der Waals surface area contributed by atoms with E-state index in [9.17, 15) is 4.79 Å². The van der Waals surface area contributed by atoms with Crippen molar-refractivity contribution in [1.82, 2.24) is 10.2 Å². The zero-order chi connectivity index (χ0) is 11.4. The average Bonchev–Trinajstić information content (AvgIpc) is 2.57. The largest absolute Gasteiger partial charge is 0.340 e. The van der Waals surface area contributed by atoms with Crippen LogP contribution in [0.5, 0.6) is 0 Å². The topological polar surface area (TPSA) is 32.3 Å². The molecule has 2 rings (SSSR count). The van der Waals surface area contributed by atoms with Gasteiger partial charge in [-0.25, -0.2) is 0 Å². The van der Waals surface area contributed by atoms with Gasteiger partial charge in [-0.3, -0.25) is 4.79 Å². The lowest BCUT2D eigenvalue weighted by Crippen LogP contribution is -2.58. The van der Waals surface area contributed by atoms with Crippen molar-refractivity contribution in [2.24, 2.45) is 0 Å². The molecule has 1 unspecified atom stereocenters. The molecule has 2 fully saturated rings. The quantitative estimate of drug-likeness (QED) is 0.756. The van der Waals surface area contributed by atoms with Crippen LogP contribution >= 0.6 is 11.8 Å². The van der Waals surface area contributed by atoms with Crippen LogP contribution in [0.25, 0.3) is 0 Å². The summed E-state index contributed by atoms with van der Waals surface area (Å²) in [4.78, 5) is 14.5. The van der Waals surface area contributed by atoms with E-state index in [1.54, 1.807) is 0 Å². The molecule has 4 heteroatoms. The van der Waals surface area contributed by atoms with Gasteiger partial charge in [-0.1, -0.05) is 0 Å². The van der Waals surface area contributed by atoms with Crippen LogP contribution in [0, 0.1) is 0 Å². The summed E-state index contributed by atoms with van der Waals surface area (Å²) in [5.41, 5.74) is -0.284. The number of carbonyl (C=O) groups excluding carboxylic acids is 1. The van der Waals surface area contributed by atoms with E-state index in [1.807, 2.05) is 11.8 Å². The van der Waals surface area contributed by atoms with Gasteiger partial charge >= 0.3 is 0 Å². The van der Waals surface area contributed by atoms with Crippen molar-refractivity contribution in [2.75, 3.05) is 31.1 Å². The summed E-state index contributed by atoms with van der Waals surface area (Å²) in [7, 11) is 0. The van der Waals surface area contributed by atoms with Crippen LogP contribution in [-0.2, 0) is 4.79 Å². The fraction of sp³-hybridized carbons (Fsp3) is 0.917. The van der Waals surface area contributed by atoms with Gasteiger partial charge in [0.2, 0.25) is 5.91 Å². The van der Waals surface area contributed by atoms with Crippen LogP contribution in [0.4, 0.5) is 0 Å². The highest BCUT2D eigenvalue weighted by molar-refractivity contribution is 7.99. The summed E-state index contributed by atoms with van der Waals surface area (Å²) in [6.45, 7) is 4.95. The molecule has 0 aromatic rings. The fourth-order valence-electron chi connectivity index (χ4n) is 2.54. The Labute approximate surface area is 102 Å². The van der Waals surface area contributed by atoms with Gasteiger partial charge in [0.05, 0.1) is 5.54 Å². The molecule has 0 bridgehead atoms. The smallest absolute Gasteiger partial charge is 0.242 e. The van der Waals surface area contributed by atoms with Gasteiger partial charge in [-0.15, -0.1) is 0 Å². The number of rotatable bonds is 1. The van der Waals surface area contributed by atoms with Crippen LogP contribution in [0.1, 0.15) is 32.6 Å². The summed E-state index contributed by atoms with van der Waals surface area (Å²) in [5.74, 6) is 2.63. The molecule has 3 nitrogen and oxygen atoms in total. The highest BCUT2D eigenvalue weighted by Gasteiger charge is 2.37. The summed E-state index contributed by atoms with van der Waals surface area (Å²) in [5, 5.41) is 3.41. The normalized spacial score (nSPS) is 32.2. The molecular weight excluding hydrogens is 220 g/mol. The van der Waals surface area contributed by atoms with Crippen molar-refractivity contribution in [2.45, 2.75) is 38.1 Å². The maximum Gasteiger partial charge on any atom is 0.242 e. The fourth-order valence-corrected chi connectivity index (χ4v) is 3.42. The first-order valence-corrected chi connectivity index (χ1v) is 7.50.